The molecule has 4 nitrogen and oxygen atoms in total. The summed E-state index contributed by atoms with van der Waals surface area (Å²) in [4.78, 5) is 13.9. The summed E-state index contributed by atoms with van der Waals surface area (Å²) in [6.45, 7) is 6.74. The Labute approximate surface area is 107 Å². The molecule has 1 aromatic rings. The van der Waals surface area contributed by atoms with Gasteiger partial charge in [-0.05, 0) is 18.6 Å². The van der Waals surface area contributed by atoms with Crippen LogP contribution in [0.3, 0.4) is 0 Å². The van der Waals surface area contributed by atoms with E-state index in [4.69, 9.17) is 4.74 Å². The van der Waals surface area contributed by atoms with Crippen LogP contribution < -0.4 is 4.74 Å². The number of aromatic hydroxyl groups is 1. The fourth-order valence-electron chi connectivity index (χ4n) is 1.69. The molecule has 0 aliphatic rings. The third-order valence-corrected chi connectivity index (χ3v) is 2.57. The highest BCUT2D eigenvalue weighted by atomic mass is 16.5. The molecule has 98 valence electrons. The van der Waals surface area contributed by atoms with Crippen LogP contribution in [0, 0.1) is 0 Å². The number of rotatable bonds is 6. The number of nitrogens with zero attached hydrogens (tertiary/aromatic N) is 1. The van der Waals surface area contributed by atoms with Crippen molar-refractivity contribution < 1.29 is 14.6 Å². The average Bonchev–Trinajstić information content (AvgIpc) is 2.37. The molecule has 1 amide bonds. The normalized spacial score (nSPS) is 9.89. The molecular weight excluding hydrogens is 230 g/mol. The Morgan fingerprint density at radius 1 is 1.56 bits per heavy atom. The second-order valence-corrected chi connectivity index (χ2v) is 3.92. The van der Waals surface area contributed by atoms with Crippen LogP contribution >= 0.6 is 0 Å². The van der Waals surface area contributed by atoms with Crippen LogP contribution in [0.15, 0.2) is 30.9 Å². The molecule has 0 atom stereocenters. The Bertz CT molecular complexity index is 429. The van der Waals surface area contributed by atoms with Gasteiger partial charge in [-0.25, -0.2) is 0 Å². The van der Waals surface area contributed by atoms with Crippen LogP contribution in [-0.4, -0.2) is 36.1 Å². The van der Waals surface area contributed by atoms with Crippen molar-refractivity contribution in [1.82, 2.24) is 4.90 Å². The standard InChI is InChI=1S/C14H19NO3/c1-4-8-15(9-5-2)14(17)12-7-6-11(18-3)10-13(12)16/h4,6-7,10,16H,1,5,8-9H2,2-3H3. The van der Waals surface area contributed by atoms with Gasteiger partial charge in [0.1, 0.15) is 11.5 Å². The molecule has 1 rings (SSSR count). The highest BCUT2D eigenvalue weighted by Crippen LogP contribution is 2.24. The smallest absolute Gasteiger partial charge is 0.257 e. The van der Waals surface area contributed by atoms with Crippen LogP contribution in [0.2, 0.25) is 0 Å². The number of carbonyl (C=O) groups is 1. The second kappa shape index (κ2) is 6.69. The zero-order valence-corrected chi connectivity index (χ0v) is 10.8. The molecule has 1 N–H and O–H groups in total. The van der Waals surface area contributed by atoms with E-state index in [-0.39, 0.29) is 17.2 Å². The Hall–Kier alpha value is -1.97. The van der Waals surface area contributed by atoms with Gasteiger partial charge in [0.2, 0.25) is 0 Å². The van der Waals surface area contributed by atoms with E-state index in [1.807, 2.05) is 6.92 Å². The maximum absolute atomic E-state index is 12.2. The van der Waals surface area contributed by atoms with E-state index in [2.05, 4.69) is 6.58 Å². The fraction of sp³-hybridized carbons (Fsp3) is 0.357. The third-order valence-electron chi connectivity index (χ3n) is 2.57. The molecule has 4 heteroatoms. The van der Waals surface area contributed by atoms with E-state index < -0.39 is 0 Å². The minimum absolute atomic E-state index is 0.0653. The van der Waals surface area contributed by atoms with Gasteiger partial charge < -0.3 is 14.7 Å². The van der Waals surface area contributed by atoms with Gasteiger partial charge in [0.15, 0.2) is 0 Å². The number of hydrogen-bond donors (Lipinski definition) is 1. The van der Waals surface area contributed by atoms with Gasteiger partial charge in [0.25, 0.3) is 5.91 Å². The molecule has 0 radical (unpaired) electrons. The summed E-state index contributed by atoms with van der Waals surface area (Å²) in [5, 5.41) is 9.82. The summed E-state index contributed by atoms with van der Waals surface area (Å²) in [6, 6.07) is 4.67. The molecule has 0 bridgehead atoms. The fourth-order valence-corrected chi connectivity index (χ4v) is 1.69. The summed E-state index contributed by atoms with van der Waals surface area (Å²) in [6.07, 6.45) is 2.53. The molecule has 0 heterocycles. The lowest BCUT2D eigenvalue weighted by molar-refractivity contribution is 0.0771. The number of ether oxygens (including phenoxy) is 1. The molecule has 0 spiro atoms. The van der Waals surface area contributed by atoms with Crippen molar-refractivity contribution in [3.05, 3.63) is 36.4 Å². The quantitative estimate of drug-likeness (QED) is 0.788. The first-order chi connectivity index (χ1) is 8.63. The topological polar surface area (TPSA) is 49.8 Å². The number of phenols is 1. The summed E-state index contributed by atoms with van der Waals surface area (Å²) in [5.41, 5.74) is 0.283. The van der Waals surface area contributed by atoms with Crippen molar-refractivity contribution in [2.24, 2.45) is 0 Å². The molecule has 0 saturated heterocycles. The minimum atomic E-state index is -0.197. The molecule has 0 aliphatic heterocycles. The van der Waals surface area contributed by atoms with Crippen molar-refractivity contribution in [2.75, 3.05) is 20.2 Å². The van der Waals surface area contributed by atoms with Crippen LogP contribution in [0.1, 0.15) is 23.7 Å². The lowest BCUT2D eigenvalue weighted by Gasteiger charge is -2.21. The molecule has 0 fully saturated rings. The molecule has 0 saturated carbocycles. The van der Waals surface area contributed by atoms with Crippen molar-refractivity contribution in [3.8, 4) is 11.5 Å². The van der Waals surface area contributed by atoms with Gasteiger partial charge >= 0.3 is 0 Å². The second-order valence-electron chi connectivity index (χ2n) is 3.92. The maximum Gasteiger partial charge on any atom is 0.257 e. The van der Waals surface area contributed by atoms with Gasteiger partial charge in [-0.3, -0.25) is 4.79 Å². The Balaban J connectivity index is 2.97. The summed E-state index contributed by atoms with van der Waals surface area (Å²) < 4.78 is 4.98. The summed E-state index contributed by atoms with van der Waals surface area (Å²) in [5.74, 6) is 0.260. The molecule has 18 heavy (non-hydrogen) atoms. The van der Waals surface area contributed by atoms with Crippen molar-refractivity contribution in [3.63, 3.8) is 0 Å². The van der Waals surface area contributed by atoms with Gasteiger partial charge in [-0.15, -0.1) is 6.58 Å². The van der Waals surface area contributed by atoms with Crippen LogP contribution in [-0.2, 0) is 0 Å². The van der Waals surface area contributed by atoms with E-state index >= 15 is 0 Å². The van der Waals surface area contributed by atoms with E-state index in [0.717, 1.165) is 6.42 Å². The number of hydrogen-bond acceptors (Lipinski definition) is 3. The Kier molecular flexibility index (Phi) is 5.24. The predicted octanol–water partition coefficient (Wildman–Crippen LogP) is 2.44. The Morgan fingerprint density at radius 3 is 2.78 bits per heavy atom. The summed E-state index contributed by atoms with van der Waals surface area (Å²) >= 11 is 0. The average molecular weight is 249 g/mol. The third kappa shape index (κ3) is 3.26. The zero-order valence-electron chi connectivity index (χ0n) is 10.8. The number of phenolic OH excluding ortho intramolecular Hbond substituents is 1. The van der Waals surface area contributed by atoms with Gasteiger partial charge in [0, 0.05) is 19.2 Å². The molecule has 1 aromatic carbocycles. The zero-order chi connectivity index (χ0) is 13.5. The minimum Gasteiger partial charge on any atom is -0.507 e. The molecule has 0 unspecified atom stereocenters. The van der Waals surface area contributed by atoms with E-state index in [1.165, 1.54) is 13.2 Å². The first-order valence-electron chi connectivity index (χ1n) is 5.91. The van der Waals surface area contributed by atoms with E-state index in [0.29, 0.717) is 18.8 Å². The van der Waals surface area contributed by atoms with E-state index in [9.17, 15) is 9.90 Å². The van der Waals surface area contributed by atoms with Crippen LogP contribution in [0.5, 0.6) is 11.5 Å². The lowest BCUT2D eigenvalue weighted by Crippen LogP contribution is -2.31. The first-order valence-corrected chi connectivity index (χ1v) is 5.91. The molecular formula is C14H19NO3. The van der Waals surface area contributed by atoms with Gasteiger partial charge in [-0.1, -0.05) is 13.0 Å². The lowest BCUT2D eigenvalue weighted by atomic mass is 10.1. The van der Waals surface area contributed by atoms with Crippen molar-refractivity contribution in [2.45, 2.75) is 13.3 Å². The number of benzene rings is 1. The number of methoxy groups -OCH3 is 1. The monoisotopic (exact) mass is 249 g/mol. The van der Waals surface area contributed by atoms with E-state index in [1.54, 1.807) is 23.1 Å². The maximum atomic E-state index is 12.2. The van der Waals surface area contributed by atoms with Crippen molar-refractivity contribution in [1.29, 1.82) is 0 Å². The first kappa shape index (κ1) is 14.1. The Morgan fingerprint density at radius 2 is 2.28 bits per heavy atom. The highest BCUT2D eigenvalue weighted by Gasteiger charge is 2.17. The van der Waals surface area contributed by atoms with Gasteiger partial charge in [0.05, 0.1) is 12.7 Å². The van der Waals surface area contributed by atoms with Crippen LogP contribution in [0.4, 0.5) is 0 Å². The SMILES string of the molecule is C=CCN(CCC)C(=O)c1ccc(OC)cc1O. The summed E-state index contributed by atoms with van der Waals surface area (Å²) in [7, 11) is 1.51. The number of amides is 1. The van der Waals surface area contributed by atoms with Crippen molar-refractivity contribution >= 4 is 5.91 Å². The molecule has 0 aromatic heterocycles. The highest BCUT2D eigenvalue weighted by molar-refractivity contribution is 5.97. The van der Waals surface area contributed by atoms with Crippen LogP contribution in [0.25, 0.3) is 0 Å². The largest absolute Gasteiger partial charge is 0.507 e. The number of carbonyl (C=O) groups excluding carboxylic acids is 1. The predicted molar refractivity (Wildman–Crippen MR) is 71.1 cm³/mol. The van der Waals surface area contributed by atoms with Gasteiger partial charge in [-0.2, -0.15) is 0 Å². The molecule has 0 aliphatic carbocycles.